The van der Waals surface area contributed by atoms with E-state index in [2.05, 4.69) is 4.99 Å². The van der Waals surface area contributed by atoms with Crippen molar-refractivity contribution in [1.82, 2.24) is 0 Å². The SMILES string of the molecule is FC(F)(F)c1ccc(N=CC2C=CC=C2)cc1. The quantitative estimate of drug-likeness (QED) is 0.685. The van der Waals surface area contributed by atoms with Gasteiger partial charge in [-0.25, -0.2) is 0 Å². The van der Waals surface area contributed by atoms with Crippen LogP contribution in [0.2, 0.25) is 0 Å². The molecule has 0 fully saturated rings. The molecule has 0 unspecified atom stereocenters. The average Bonchev–Trinajstić information content (AvgIpc) is 2.78. The van der Waals surface area contributed by atoms with Gasteiger partial charge in [0.25, 0.3) is 0 Å². The summed E-state index contributed by atoms with van der Waals surface area (Å²) in [7, 11) is 0. The lowest BCUT2D eigenvalue weighted by Gasteiger charge is -2.05. The minimum absolute atomic E-state index is 0.136. The number of hydrogen-bond donors (Lipinski definition) is 0. The third-order valence-electron chi connectivity index (χ3n) is 2.37. The molecule has 0 saturated carbocycles. The minimum atomic E-state index is -4.29. The summed E-state index contributed by atoms with van der Waals surface area (Å²) in [4.78, 5) is 4.12. The number of alkyl halides is 3. The zero-order valence-electron chi connectivity index (χ0n) is 8.85. The first-order valence-electron chi connectivity index (χ1n) is 5.12. The van der Waals surface area contributed by atoms with E-state index in [0.29, 0.717) is 5.69 Å². The largest absolute Gasteiger partial charge is 0.416 e. The van der Waals surface area contributed by atoms with Crippen LogP contribution in [-0.4, -0.2) is 6.21 Å². The molecule has 1 aliphatic rings. The van der Waals surface area contributed by atoms with E-state index in [1.165, 1.54) is 12.1 Å². The van der Waals surface area contributed by atoms with Crippen LogP contribution in [0.4, 0.5) is 18.9 Å². The van der Waals surface area contributed by atoms with E-state index in [4.69, 9.17) is 0 Å². The van der Waals surface area contributed by atoms with Gasteiger partial charge in [-0.3, -0.25) is 4.99 Å². The van der Waals surface area contributed by atoms with Gasteiger partial charge in [0.05, 0.1) is 11.3 Å². The van der Waals surface area contributed by atoms with Crippen LogP contribution in [0.1, 0.15) is 5.56 Å². The summed E-state index contributed by atoms with van der Waals surface area (Å²) in [6.45, 7) is 0. The molecule has 0 atom stereocenters. The first-order chi connectivity index (χ1) is 8.05. The van der Waals surface area contributed by atoms with Crippen molar-refractivity contribution in [3.8, 4) is 0 Å². The lowest BCUT2D eigenvalue weighted by molar-refractivity contribution is -0.137. The standard InChI is InChI=1S/C13H10F3N/c14-13(15,16)11-5-7-12(8-6-11)17-9-10-3-1-2-4-10/h1-10H. The van der Waals surface area contributed by atoms with E-state index in [1.807, 2.05) is 24.3 Å². The first kappa shape index (κ1) is 11.6. The molecule has 1 nitrogen and oxygen atoms in total. The second-order valence-corrected chi connectivity index (χ2v) is 3.67. The highest BCUT2D eigenvalue weighted by molar-refractivity contribution is 5.71. The van der Waals surface area contributed by atoms with Crippen molar-refractivity contribution < 1.29 is 13.2 Å². The molecule has 1 aromatic carbocycles. The van der Waals surface area contributed by atoms with E-state index in [1.54, 1.807) is 6.21 Å². The highest BCUT2D eigenvalue weighted by atomic mass is 19.4. The molecule has 1 aliphatic carbocycles. The minimum Gasteiger partial charge on any atom is -0.260 e. The summed E-state index contributed by atoms with van der Waals surface area (Å²) in [6.07, 6.45) is 5.12. The van der Waals surface area contributed by atoms with Crippen LogP contribution >= 0.6 is 0 Å². The van der Waals surface area contributed by atoms with Crippen LogP contribution in [0.5, 0.6) is 0 Å². The fourth-order valence-corrected chi connectivity index (χ4v) is 1.46. The van der Waals surface area contributed by atoms with E-state index in [-0.39, 0.29) is 5.92 Å². The molecule has 0 aliphatic heterocycles. The number of benzene rings is 1. The fourth-order valence-electron chi connectivity index (χ4n) is 1.46. The van der Waals surface area contributed by atoms with Crippen molar-refractivity contribution in [2.75, 3.05) is 0 Å². The van der Waals surface area contributed by atoms with E-state index in [0.717, 1.165) is 12.1 Å². The fraction of sp³-hybridized carbons (Fsp3) is 0.154. The summed E-state index contributed by atoms with van der Waals surface area (Å²) in [5.74, 6) is 0.136. The van der Waals surface area contributed by atoms with Gasteiger partial charge in [-0.05, 0) is 24.3 Å². The highest BCUT2D eigenvalue weighted by Crippen LogP contribution is 2.30. The maximum atomic E-state index is 12.3. The Morgan fingerprint density at radius 1 is 1.00 bits per heavy atom. The Morgan fingerprint density at radius 3 is 2.12 bits per heavy atom. The number of allylic oxidation sites excluding steroid dienone is 4. The van der Waals surface area contributed by atoms with Gasteiger partial charge in [-0.2, -0.15) is 13.2 Å². The Hall–Kier alpha value is -1.84. The highest BCUT2D eigenvalue weighted by Gasteiger charge is 2.29. The molecule has 0 radical (unpaired) electrons. The second-order valence-electron chi connectivity index (χ2n) is 3.67. The molecule has 2 rings (SSSR count). The lowest BCUT2D eigenvalue weighted by Crippen LogP contribution is -2.03. The van der Waals surface area contributed by atoms with Gasteiger partial charge in [-0.15, -0.1) is 0 Å². The van der Waals surface area contributed by atoms with E-state index < -0.39 is 11.7 Å². The van der Waals surface area contributed by atoms with Crippen LogP contribution in [-0.2, 0) is 6.18 Å². The molecule has 1 aromatic rings. The molecule has 0 aromatic heterocycles. The summed E-state index contributed by atoms with van der Waals surface area (Å²) in [5.41, 5.74) is -0.135. The van der Waals surface area contributed by atoms with Crippen LogP contribution in [0.15, 0.2) is 53.6 Å². The summed E-state index contributed by atoms with van der Waals surface area (Å²) in [5, 5.41) is 0. The van der Waals surface area contributed by atoms with Gasteiger partial charge in [0.15, 0.2) is 0 Å². The third-order valence-corrected chi connectivity index (χ3v) is 2.37. The third kappa shape index (κ3) is 3.06. The van der Waals surface area contributed by atoms with Crippen molar-refractivity contribution >= 4 is 11.9 Å². The predicted octanol–water partition coefficient (Wildman–Crippen LogP) is 4.15. The molecule has 0 heterocycles. The number of rotatable bonds is 2. The molecule has 0 N–H and O–H groups in total. The van der Waals surface area contributed by atoms with Gasteiger partial charge >= 0.3 is 6.18 Å². The van der Waals surface area contributed by atoms with Crippen molar-refractivity contribution in [2.24, 2.45) is 10.9 Å². The Balaban J connectivity index is 2.08. The summed E-state index contributed by atoms with van der Waals surface area (Å²) in [6, 6.07) is 4.80. The molecule has 0 spiro atoms. The van der Waals surface area contributed by atoms with Gasteiger partial charge in [0.1, 0.15) is 0 Å². The predicted molar refractivity (Wildman–Crippen MR) is 61.4 cm³/mol. The smallest absolute Gasteiger partial charge is 0.260 e. The molecule has 0 bridgehead atoms. The molecule has 0 saturated heterocycles. The number of halogens is 3. The average molecular weight is 237 g/mol. The number of aliphatic imine (C=N–C) groups is 1. The number of hydrogen-bond acceptors (Lipinski definition) is 1. The molecule has 4 heteroatoms. The van der Waals surface area contributed by atoms with Crippen molar-refractivity contribution in [1.29, 1.82) is 0 Å². The molecular formula is C13H10F3N. The van der Waals surface area contributed by atoms with E-state index in [9.17, 15) is 13.2 Å². The van der Waals surface area contributed by atoms with Gasteiger partial charge in [0.2, 0.25) is 0 Å². The molecular weight excluding hydrogens is 227 g/mol. The molecule has 88 valence electrons. The van der Waals surface area contributed by atoms with Gasteiger partial charge in [0, 0.05) is 12.1 Å². The zero-order chi connectivity index (χ0) is 12.3. The van der Waals surface area contributed by atoms with Crippen molar-refractivity contribution in [3.05, 3.63) is 54.1 Å². The lowest BCUT2D eigenvalue weighted by atomic mass is 10.2. The Morgan fingerprint density at radius 2 is 1.59 bits per heavy atom. The Labute approximate surface area is 97.0 Å². The van der Waals surface area contributed by atoms with Crippen LogP contribution < -0.4 is 0 Å². The van der Waals surface area contributed by atoms with Gasteiger partial charge < -0.3 is 0 Å². The Kier molecular flexibility index (Phi) is 3.13. The molecule has 17 heavy (non-hydrogen) atoms. The zero-order valence-corrected chi connectivity index (χ0v) is 8.85. The van der Waals surface area contributed by atoms with Gasteiger partial charge in [-0.1, -0.05) is 24.3 Å². The van der Waals surface area contributed by atoms with Crippen LogP contribution in [0, 0.1) is 5.92 Å². The maximum Gasteiger partial charge on any atom is 0.416 e. The summed E-state index contributed by atoms with van der Waals surface area (Å²) >= 11 is 0. The normalized spacial score (nSPS) is 16.2. The number of nitrogens with zero attached hydrogens (tertiary/aromatic N) is 1. The molecule has 0 amide bonds. The maximum absolute atomic E-state index is 12.3. The Bertz CT molecular complexity index is 454. The monoisotopic (exact) mass is 237 g/mol. The summed E-state index contributed by atoms with van der Waals surface area (Å²) < 4.78 is 36.9. The van der Waals surface area contributed by atoms with E-state index >= 15 is 0 Å². The topological polar surface area (TPSA) is 12.4 Å². The second kappa shape index (κ2) is 4.57. The van der Waals surface area contributed by atoms with Crippen molar-refractivity contribution in [3.63, 3.8) is 0 Å². The van der Waals surface area contributed by atoms with Crippen LogP contribution in [0.25, 0.3) is 0 Å². The van der Waals surface area contributed by atoms with Crippen LogP contribution in [0.3, 0.4) is 0 Å². The van der Waals surface area contributed by atoms with Crippen molar-refractivity contribution in [2.45, 2.75) is 6.18 Å². The first-order valence-corrected chi connectivity index (χ1v) is 5.12.